The van der Waals surface area contributed by atoms with E-state index in [0.717, 1.165) is 38.8 Å². The number of aliphatic hydroxyl groups is 1. The molecule has 1 aliphatic rings. The zero-order chi connectivity index (χ0) is 19.3. The summed E-state index contributed by atoms with van der Waals surface area (Å²) in [6, 6.07) is 0. The zero-order valence-corrected chi connectivity index (χ0v) is 17.5. The maximum atomic E-state index is 12.2. The van der Waals surface area contributed by atoms with Crippen LogP contribution in [0.5, 0.6) is 0 Å². The minimum Gasteiger partial charge on any atom is -0.459 e. The molecule has 4 nitrogen and oxygen atoms in total. The number of carbonyl (C=O) groups is 1. The number of esters is 1. The quantitative estimate of drug-likeness (QED) is 0.335. The van der Waals surface area contributed by atoms with Crippen molar-refractivity contribution in [2.45, 2.75) is 116 Å². The van der Waals surface area contributed by atoms with Gasteiger partial charge in [0.1, 0.15) is 5.60 Å². The lowest BCUT2D eigenvalue weighted by molar-refractivity contribution is -0.165. The number of piperidine rings is 1. The summed E-state index contributed by atoms with van der Waals surface area (Å²) in [6.07, 6.45) is 13.8. The van der Waals surface area contributed by atoms with Gasteiger partial charge in [-0.2, -0.15) is 0 Å². The Hall–Kier alpha value is -0.610. The third-order valence-electron chi connectivity index (χ3n) is 5.74. The van der Waals surface area contributed by atoms with Crippen LogP contribution < -0.4 is 5.32 Å². The third-order valence-corrected chi connectivity index (χ3v) is 5.74. The lowest BCUT2D eigenvalue weighted by Gasteiger charge is -2.36. The van der Waals surface area contributed by atoms with Crippen molar-refractivity contribution < 1.29 is 14.6 Å². The first-order chi connectivity index (χ1) is 12.5. The number of carbonyl (C=O) groups excluding carboxylic acids is 1. The normalized spacial score (nSPS) is 17.2. The molecule has 1 saturated heterocycles. The van der Waals surface area contributed by atoms with Crippen molar-refractivity contribution >= 4 is 5.97 Å². The van der Waals surface area contributed by atoms with E-state index < -0.39 is 11.7 Å². The van der Waals surface area contributed by atoms with Crippen LogP contribution >= 0.6 is 0 Å². The Balaban J connectivity index is 2.07. The molecular formula is C22H43NO3. The Labute approximate surface area is 161 Å². The van der Waals surface area contributed by atoms with E-state index >= 15 is 0 Å². The predicted molar refractivity (Wildman–Crippen MR) is 108 cm³/mol. The average Bonchev–Trinajstić information content (AvgIpc) is 2.60. The van der Waals surface area contributed by atoms with E-state index in [4.69, 9.17) is 4.74 Å². The monoisotopic (exact) mass is 369 g/mol. The molecule has 0 amide bonds. The number of hydrogen-bond acceptors (Lipinski definition) is 4. The number of ether oxygens (including phenoxy) is 1. The Morgan fingerprint density at radius 1 is 1.04 bits per heavy atom. The maximum Gasteiger partial charge on any atom is 0.308 e. The van der Waals surface area contributed by atoms with Crippen LogP contribution in [0.15, 0.2) is 0 Å². The van der Waals surface area contributed by atoms with Crippen LogP contribution in [0, 0.1) is 5.92 Å². The molecule has 0 aromatic rings. The van der Waals surface area contributed by atoms with Crippen LogP contribution in [0.1, 0.15) is 104 Å². The van der Waals surface area contributed by atoms with Gasteiger partial charge < -0.3 is 15.2 Å². The molecule has 0 aromatic heterocycles. The van der Waals surface area contributed by atoms with E-state index in [1.807, 2.05) is 13.8 Å². The van der Waals surface area contributed by atoms with Crippen LogP contribution in [0.2, 0.25) is 0 Å². The fourth-order valence-corrected chi connectivity index (χ4v) is 3.92. The molecule has 154 valence electrons. The molecule has 1 atom stereocenters. The summed E-state index contributed by atoms with van der Waals surface area (Å²) < 4.78 is 5.71. The fraction of sp³-hybridized carbons (Fsp3) is 0.955. The molecule has 1 rings (SSSR count). The maximum absolute atomic E-state index is 12.2. The Morgan fingerprint density at radius 2 is 1.58 bits per heavy atom. The molecule has 0 aromatic carbocycles. The zero-order valence-electron chi connectivity index (χ0n) is 17.5. The van der Waals surface area contributed by atoms with E-state index in [-0.39, 0.29) is 12.4 Å². The largest absolute Gasteiger partial charge is 0.459 e. The summed E-state index contributed by atoms with van der Waals surface area (Å²) in [4.78, 5) is 12.2. The summed E-state index contributed by atoms with van der Waals surface area (Å²) in [6.45, 7) is 8.25. The molecule has 1 unspecified atom stereocenters. The van der Waals surface area contributed by atoms with Gasteiger partial charge in [0.25, 0.3) is 0 Å². The van der Waals surface area contributed by atoms with Gasteiger partial charge in [0, 0.05) is 5.92 Å². The topological polar surface area (TPSA) is 58.6 Å². The first kappa shape index (κ1) is 23.4. The number of rotatable bonds is 14. The molecule has 1 fully saturated rings. The minimum atomic E-state index is -0.559. The standard InChI is InChI=1S/C22H43NO3/c1-4-5-6-7-8-9-10-11-12-13-20(24)18-21(25)26-22(2,3)19-14-16-23-17-15-19/h19-20,23-24H,4-18H2,1-3H3. The van der Waals surface area contributed by atoms with Crippen molar-refractivity contribution in [2.24, 2.45) is 5.92 Å². The summed E-state index contributed by atoms with van der Waals surface area (Å²) in [5.41, 5.74) is -0.434. The predicted octanol–water partition coefficient (Wildman–Crippen LogP) is 4.98. The molecule has 26 heavy (non-hydrogen) atoms. The highest BCUT2D eigenvalue weighted by molar-refractivity contribution is 5.70. The Kier molecular flexibility index (Phi) is 12.2. The summed E-state index contributed by atoms with van der Waals surface area (Å²) in [7, 11) is 0. The van der Waals surface area contributed by atoms with E-state index in [1.54, 1.807) is 0 Å². The molecule has 1 heterocycles. The van der Waals surface area contributed by atoms with Gasteiger partial charge in [-0.05, 0) is 46.2 Å². The van der Waals surface area contributed by atoms with Crippen molar-refractivity contribution in [3.63, 3.8) is 0 Å². The van der Waals surface area contributed by atoms with Crippen LogP contribution in [0.3, 0.4) is 0 Å². The van der Waals surface area contributed by atoms with Crippen LogP contribution in [0.4, 0.5) is 0 Å². The Morgan fingerprint density at radius 3 is 2.15 bits per heavy atom. The van der Waals surface area contributed by atoms with Gasteiger partial charge in [-0.25, -0.2) is 0 Å². The van der Waals surface area contributed by atoms with E-state index in [9.17, 15) is 9.90 Å². The molecule has 0 saturated carbocycles. The first-order valence-electron chi connectivity index (χ1n) is 11.1. The second-order valence-electron chi connectivity index (χ2n) is 8.58. The molecule has 4 heteroatoms. The molecule has 2 N–H and O–H groups in total. The van der Waals surface area contributed by atoms with Crippen molar-refractivity contribution in [1.29, 1.82) is 0 Å². The lowest BCUT2D eigenvalue weighted by Crippen LogP contribution is -2.43. The molecular weight excluding hydrogens is 326 g/mol. The van der Waals surface area contributed by atoms with Gasteiger partial charge in [0.2, 0.25) is 0 Å². The fourth-order valence-electron chi connectivity index (χ4n) is 3.92. The van der Waals surface area contributed by atoms with Gasteiger partial charge >= 0.3 is 5.97 Å². The van der Waals surface area contributed by atoms with Crippen LogP contribution in [0.25, 0.3) is 0 Å². The number of nitrogens with one attached hydrogen (secondary N) is 1. The minimum absolute atomic E-state index is 0.130. The second-order valence-corrected chi connectivity index (χ2v) is 8.58. The molecule has 0 spiro atoms. The highest BCUT2D eigenvalue weighted by atomic mass is 16.6. The number of hydrogen-bond donors (Lipinski definition) is 2. The number of unbranched alkanes of at least 4 members (excludes halogenated alkanes) is 8. The molecule has 0 radical (unpaired) electrons. The average molecular weight is 370 g/mol. The summed E-state index contributed by atoms with van der Waals surface area (Å²) >= 11 is 0. The summed E-state index contributed by atoms with van der Waals surface area (Å²) in [5.74, 6) is 0.152. The van der Waals surface area contributed by atoms with Gasteiger partial charge in [0.05, 0.1) is 12.5 Å². The number of aliphatic hydroxyl groups excluding tert-OH is 1. The highest BCUT2D eigenvalue weighted by Crippen LogP contribution is 2.29. The lowest BCUT2D eigenvalue weighted by atomic mass is 9.83. The van der Waals surface area contributed by atoms with Crippen molar-refractivity contribution in [3.05, 3.63) is 0 Å². The summed E-state index contributed by atoms with van der Waals surface area (Å²) in [5, 5.41) is 13.5. The Bertz CT molecular complexity index is 364. The van der Waals surface area contributed by atoms with Gasteiger partial charge in [0.15, 0.2) is 0 Å². The van der Waals surface area contributed by atoms with Gasteiger partial charge in [-0.1, -0.05) is 64.7 Å². The smallest absolute Gasteiger partial charge is 0.308 e. The van der Waals surface area contributed by atoms with Gasteiger partial charge in [-0.15, -0.1) is 0 Å². The molecule has 0 bridgehead atoms. The van der Waals surface area contributed by atoms with Crippen molar-refractivity contribution in [1.82, 2.24) is 5.32 Å². The second kappa shape index (κ2) is 13.5. The van der Waals surface area contributed by atoms with Gasteiger partial charge in [-0.3, -0.25) is 4.79 Å². The third kappa shape index (κ3) is 10.5. The van der Waals surface area contributed by atoms with E-state index in [1.165, 1.54) is 44.9 Å². The molecule has 1 aliphatic heterocycles. The van der Waals surface area contributed by atoms with E-state index in [0.29, 0.717) is 12.3 Å². The van der Waals surface area contributed by atoms with Crippen LogP contribution in [-0.4, -0.2) is 35.9 Å². The highest BCUT2D eigenvalue weighted by Gasteiger charge is 2.34. The van der Waals surface area contributed by atoms with Crippen molar-refractivity contribution in [2.75, 3.05) is 13.1 Å². The SMILES string of the molecule is CCCCCCCCCCCC(O)CC(=O)OC(C)(C)C1CCNCC1. The van der Waals surface area contributed by atoms with E-state index in [2.05, 4.69) is 12.2 Å². The van der Waals surface area contributed by atoms with Crippen LogP contribution in [-0.2, 0) is 9.53 Å². The van der Waals surface area contributed by atoms with Crippen molar-refractivity contribution in [3.8, 4) is 0 Å². The first-order valence-corrected chi connectivity index (χ1v) is 11.1. The molecule has 0 aliphatic carbocycles.